The first-order valence-electron chi connectivity index (χ1n) is 8.32. The first kappa shape index (κ1) is 21.4. The summed E-state index contributed by atoms with van der Waals surface area (Å²) in [6, 6.07) is 3.22. The fourth-order valence-corrected chi connectivity index (χ4v) is 2.99. The van der Waals surface area contributed by atoms with E-state index in [-0.39, 0.29) is 18.5 Å². The number of carbonyl (C=O) groups excluding carboxylic acids is 1. The zero-order valence-electron chi connectivity index (χ0n) is 15.4. The minimum atomic E-state index is -0.390. The molecule has 1 atom stereocenters. The molecule has 2 rings (SSSR count). The summed E-state index contributed by atoms with van der Waals surface area (Å²) < 4.78 is 21.4. The quantitative estimate of drug-likeness (QED) is 0.684. The van der Waals surface area contributed by atoms with Crippen LogP contribution in [0.5, 0.6) is 17.2 Å². The zero-order chi connectivity index (χ0) is 17.5. The molecule has 1 unspecified atom stereocenters. The van der Waals surface area contributed by atoms with Gasteiger partial charge in [0.15, 0.2) is 11.5 Å². The number of halogens is 1. The van der Waals surface area contributed by atoms with Crippen molar-refractivity contribution >= 4 is 18.4 Å². The van der Waals surface area contributed by atoms with E-state index in [1.165, 1.54) is 40.6 Å². The topological polar surface area (TPSA) is 57.2 Å². The predicted molar refractivity (Wildman–Crippen MR) is 98.5 cm³/mol. The van der Waals surface area contributed by atoms with Crippen LogP contribution in [-0.2, 0) is 4.74 Å². The molecule has 1 aromatic carbocycles. The molecular weight excluding hydrogens is 346 g/mol. The van der Waals surface area contributed by atoms with Crippen LogP contribution < -0.4 is 14.2 Å². The molecular formula is C18H28ClNO5. The first-order chi connectivity index (χ1) is 11.6. The third kappa shape index (κ3) is 5.68. The fraction of sp³-hybridized carbons (Fsp3) is 0.611. The molecule has 25 heavy (non-hydrogen) atoms. The molecule has 0 bridgehead atoms. The van der Waals surface area contributed by atoms with Crippen LogP contribution in [0.25, 0.3) is 0 Å². The Bertz CT molecular complexity index is 535. The van der Waals surface area contributed by atoms with Crippen molar-refractivity contribution in [2.75, 3.05) is 41.0 Å². The predicted octanol–water partition coefficient (Wildman–Crippen LogP) is 3.17. The summed E-state index contributed by atoms with van der Waals surface area (Å²) in [5, 5.41) is 0. The maximum Gasteiger partial charge on any atom is 0.338 e. The SMILES string of the molecule is COc1cc(C(=O)OC(C)CN2CCCCC2)cc(OC)c1OC.Cl. The molecule has 1 saturated heterocycles. The van der Waals surface area contributed by atoms with E-state index >= 15 is 0 Å². The van der Waals surface area contributed by atoms with Gasteiger partial charge in [-0.2, -0.15) is 0 Å². The van der Waals surface area contributed by atoms with Gasteiger partial charge in [-0.15, -0.1) is 12.4 Å². The zero-order valence-corrected chi connectivity index (χ0v) is 16.2. The lowest BCUT2D eigenvalue weighted by atomic mass is 10.1. The summed E-state index contributed by atoms with van der Waals surface area (Å²) >= 11 is 0. The minimum absolute atomic E-state index is 0. The van der Waals surface area contributed by atoms with Crippen LogP contribution in [-0.4, -0.2) is 57.9 Å². The Morgan fingerprint density at radius 3 is 2.08 bits per heavy atom. The van der Waals surface area contributed by atoms with E-state index in [0.29, 0.717) is 22.8 Å². The third-order valence-corrected chi connectivity index (χ3v) is 4.17. The summed E-state index contributed by atoms with van der Waals surface area (Å²) in [5.74, 6) is 0.941. The normalized spacial score (nSPS) is 15.7. The monoisotopic (exact) mass is 373 g/mol. The van der Waals surface area contributed by atoms with Gasteiger partial charge in [0.1, 0.15) is 6.10 Å². The van der Waals surface area contributed by atoms with Crippen molar-refractivity contribution in [2.45, 2.75) is 32.3 Å². The average Bonchev–Trinajstić information content (AvgIpc) is 2.60. The van der Waals surface area contributed by atoms with Gasteiger partial charge in [0, 0.05) is 6.54 Å². The lowest BCUT2D eigenvalue weighted by Crippen LogP contribution is -2.37. The number of hydrogen-bond acceptors (Lipinski definition) is 6. The molecule has 0 radical (unpaired) electrons. The Kier molecular flexibility index (Phi) is 8.86. The smallest absolute Gasteiger partial charge is 0.338 e. The summed E-state index contributed by atoms with van der Waals surface area (Å²) in [4.78, 5) is 14.8. The van der Waals surface area contributed by atoms with Crippen LogP contribution in [0.1, 0.15) is 36.5 Å². The van der Waals surface area contributed by atoms with Crippen LogP contribution in [0.4, 0.5) is 0 Å². The second-order valence-corrected chi connectivity index (χ2v) is 5.99. The number of methoxy groups -OCH3 is 3. The van der Waals surface area contributed by atoms with Crippen molar-refractivity contribution in [2.24, 2.45) is 0 Å². The van der Waals surface area contributed by atoms with E-state index in [4.69, 9.17) is 18.9 Å². The Morgan fingerprint density at radius 1 is 1.04 bits per heavy atom. The molecule has 1 heterocycles. The highest BCUT2D eigenvalue weighted by Gasteiger charge is 2.21. The number of esters is 1. The van der Waals surface area contributed by atoms with Gasteiger partial charge >= 0.3 is 5.97 Å². The molecule has 0 amide bonds. The highest BCUT2D eigenvalue weighted by Crippen LogP contribution is 2.38. The minimum Gasteiger partial charge on any atom is -0.493 e. The number of piperidine rings is 1. The largest absolute Gasteiger partial charge is 0.493 e. The van der Waals surface area contributed by atoms with E-state index in [9.17, 15) is 4.79 Å². The van der Waals surface area contributed by atoms with Crippen LogP contribution in [0, 0.1) is 0 Å². The van der Waals surface area contributed by atoms with Gasteiger partial charge in [0.2, 0.25) is 5.75 Å². The maximum atomic E-state index is 12.4. The summed E-state index contributed by atoms with van der Waals surface area (Å²) in [6.45, 7) is 4.83. The summed E-state index contributed by atoms with van der Waals surface area (Å²) in [5.41, 5.74) is 0.384. The fourth-order valence-electron chi connectivity index (χ4n) is 2.99. The average molecular weight is 374 g/mol. The van der Waals surface area contributed by atoms with Gasteiger partial charge < -0.3 is 18.9 Å². The number of rotatable bonds is 7. The lowest BCUT2D eigenvalue weighted by molar-refractivity contribution is 0.0235. The van der Waals surface area contributed by atoms with Crippen LogP contribution in [0.3, 0.4) is 0 Å². The first-order valence-corrected chi connectivity index (χ1v) is 8.32. The number of ether oxygens (including phenoxy) is 4. The van der Waals surface area contributed by atoms with Crippen molar-refractivity contribution in [1.82, 2.24) is 4.90 Å². The molecule has 1 aliphatic rings. The summed E-state index contributed by atoms with van der Waals surface area (Å²) in [6.07, 6.45) is 3.55. The third-order valence-electron chi connectivity index (χ3n) is 4.17. The second-order valence-electron chi connectivity index (χ2n) is 5.99. The van der Waals surface area contributed by atoms with E-state index in [1.807, 2.05) is 6.92 Å². The Morgan fingerprint density at radius 2 is 1.60 bits per heavy atom. The Hall–Kier alpha value is -1.66. The van der Waals surface area contributed by atoms with Gasteiger partial charge in [-0.25, -0.2) is 4.79 Å². The van der Waals surface area contributed by atoms with Gasteiger partial charge in [-0.1, -0.05) is 6.42 Å². The molecule has 0 aromatic heterocycles. The Balaban J connectivity index is 0.00000312. The van der Waals surface area contributed by atoms with E-state index in [2.05, 4.69) is 4.90 Å². The molecule has 1 aliphatic heterocycles. The van der Waals surface area contributed by atoms with E-state index in [0.717, 1.165) is 19.6 Å². The molecule has 7 heteroatoms. The standard InChI is InChI=1S/C18H27NO5.ClH/c1-13(12-19-8-6-5-7-9-19)24-18(20)14-10-15(21-2)17(23-4)16(11-14)22-3;/h10-11,13H,5-9,12H2,1-4H3;1H. The van der Waals surface area contributed by atoms with Crippen molar-refractivity contribution in [3.8, 4) is 17.2 Å². The van der Waals surface area contributed by atoms with Crippen molar-refractivity contribution in [3.63, 3.8) is 0 Å². The van der Waals surface area contributed by atoms with Gasteiger partial charge in [0.05, 0.1) is 26.9 Å². The van der Waals surface area contributed by atoms with Gasteiger partial charge in [-0.3, -0.25) is 4.90 Å². The molecule has 0 aliphatic carbocycles. The maximum absolute atomic E-state index is 12.4. The molecule has 0 N–H and O–H groups in total. The Labute approximate surface area is 155 Å². The number of benzene rings is 1. The summed E-state index contributed by atoms with van der Waals surface area (Å²) in [7, 11) is 4.57. The molecule has 6 nitrogen and oxygen atoms in total. The van der Waals surface area contributed by atoms with Gasteiger partial charge in [-0.05, 0) is 45.0 Å². The van der Waals surface area contributed by atoms with E-state index < -0.39 is 5.97 Å². The van der Waals surface area contributed by atoms with Crippen LogP contribution in [0.15, 0.2) is 12.1 Å². The number of nitrogens with zero attached hydrogens (tertiary/aromatic N) is 1. The highest BCUT2D eigenvalue weighted by atomic mass is 35.5. The number of hydrogen-bond donors (Lipinski definition) is 0. The van der Waals surface area contributed by atoms with Crippen molar-refractivity contribution in [3.05, 3.63) is 17.7 Å². The van der Waals surface area contributed by atoms with Crippen molar-refractivity contribution in [1.29, 1.82) is 0 Å². The van der Waals surface area contributed by atoms with Gasteiger partial charge in [0.25, 0.3) is 0 Å². The van der Waals surface area contributed by atoms with Crippen LogP contribution >= 0.6 is 12.4 Å². The highest BCUT2D eigenvalue weighted by molar-refractivity contribution is 5.91. The van der Waals surface area contributed by atoms with Crippen LogP contribution in [0.2, 0.25) is 0 Å². The number of likely N-dealkylation sites (tertiary alicyclic amines) is 1. The molecule has 0 saturated carbocycles. The molecule has 1 fully saturated rings. The molecule has 1 aromatic rings. The number of carbonyl (C=O) groups is 1. The van der Waals surface area contributed by atoms with Crippen molar-refractivity contribution < 1.29 is 23.7 Å². The molecule has 0 spiro atoms. The second kappa shape index (κ2) is 10.4. The van der Waals surface area contributed by atoms with E-state index in [1.54, 1.807) is 12.1 Å². The molecule has 142 valence electrons. The lowest BCUT2D eigenvalue weighted by Gasteiger charge is -2.28.